The molecule has 0 aliphatic carbocycles. The van der Waals surface area contributed by atoms with Crippen LogP contribution >= 0.6 is 0 Å². The van der Waals surface area contributed by atoms with Gasteiger partial charge in [-0.1, -0.05) is 12.1 Å². The van der Waals surface area contributed by atoms with E-state index in [0.29, 0.717) is 29.2 Å². The van der Waals surface area contributed by atoms with Crippen molar-refractivity contribution in [2.75, 3.05) is 12.4 Å². The van der Waals surface area contributed by atoms with Gasteiger partial charge in [0.1, 0.15) is 23.3 Å². The highest BCUT2D eigenvalue weighted by molar-refractivity contribution is 5.89. The third-order valence-electron chi connectivity index (χ3n) is 5.62. The van der Waals surface area contributed by atoms with Crippen LogP contribution in [0.1, 0.15) is 27.2 Å². The Morgan fingerprint density at radius 3 is 2.56 bits per heavy atom. The predicted octanol–water partition coefficient (Wildman–Crippen LogP) is 5.21. The molecule has 9 heteroatoms. The minimum Gasteiger partial charge on any atom is -0.465 e. The van der Waals surface area contributed by atoms with E-state index in [1.807, 2.05) is 62.5 Å². The number of aryl methyl sites for hydroxylation is 2. The van der Waals surface area contributed by atoms with Gasteiger partial charge in [0.2, 0.25) is 0 Å². The largest absolute Gasteiger partial charge is 0.465 e. The number of nitrogens with one attached hydrogen (secondary N) is 1. The van der Waals surface area contributed by atoms with E-state index >= 15 is 0 Å². The van der Waals surface area contributed by atoms with Crippen LogP contribution in [0, 0.1) is 13.8 Å². The molecule has 5 rings (SSSR count). The number of carbonyl (C=O) groups excluding carboxylic acids is 1. The van der Waals surface area contributed by atoms with Gasteiger partial charge in [0.25, 0.3) is 0 Å². The van der Waals surface area contributed by atoms with E-state index in [1.54, 1.807) is 23.0 Å². The summed E-state index contributed by atoms with van der Waals surface area (Å²) in [5.41, 5.74) is 5.64. The van der Waals surface area contributed by atoms with Gasteiger partial charge in [0, 0.05) is 11.4 Å². The van der Waals surface area contributed by atoms with Crippen LogP contribution in [0.15, 0.2) is 73.3 Å². The van der Waals surface area contributed by atoms with Crippen LogP contribution in [-0.4, -0.2) is 37.8 Å². The molecule has 0 amide bonds. The van der Waals surface area contributed by atoms with Crippen LogP contribution in [0.4, 0.5) is 11.5 Å². The van der Waals surface area contributed by atoms with Crippen molar-refractivity contribution in [2.45, 2.75) is 20.4 Å². The first kappa shape index (κ1) is 23.0. The Morgan fingerprint density at radius 1 is 1.00 bits per heavy atom. The number of nitrogens with zero attached hydrogens (tertiary/aromatic N) is 5. The van der Waals surface area contributed by atoms with Crippen LogP contribution in [0.5, 0.6) is 11.5 Å². The van der Waals surface area contributed by atoms with Crippen molar-refractivity contribution < 1.29 is 14.3 Å². The maximum Gasteiger partial charge on any atom is 0.337 e. The zero-order chi connectivity index (χ0) is 25.1. The van der Waals surface area contributed by atoms with Crippen molar-refractivity contribution in [1.29, 1.82) is 0 Å². The summed E-state index contributed by atoms with van der Waals surface area (Å²) in [6.07, 6.45) is 5.09. The van der Waals surface area contributed by atoms with Gasteiger partial charge >= 0.3 is 5.97 Å². The zero-order valence-electron chi connectivity index (χ0n) is 20.1. The topological polar surface area (TPSA) is 104 Å². The number of carbonyl (C=O) groups is 1. The average molecular weight is 481 g/mol. The standard InChI is InChI=1S/C27H24N6O3/c1-17-12-21(9-11-24(17)36-22-10-4-18(2)28-13-22)31-26-25-23(29-16-30-26)15-33(32-25)14-19-5-7-20(8-6-19)27(34)35-3/h4-13,15-16H,14H2,1-3H3,(H,29,30,31). The molecule has 36 heavy (non-hydrogen) atoms. The third-order valence-corrected chi connectivity index (χ3v) is 5.62. The Kier molecular flexibility index (Phi) is 6.27. The molecule has 5 aromatic rings. The number of anilines is 2. The molecule has 0 aliphatic heterocycles. The Morgan fingerprint density at radius 2 is 1.83 bits per heavy atom. The van der Waals surface area contributed by atoms with Crippen molar-refractivity contribution in [1.82, 2.24) is 24.7 Å². The molecule has 1 N–H and O–H groups in total. The van der Waals surface area contributed by atoms with Crippen molar-refractivity contribution in [2.24, 2.45) is 0 Å². The van der Waals surface area contributed by atoms with Crippen LogP contribution in [0.3, 0.4) is 0 Å². The molecule has 3 heterocycles. The number of hydrogen-bond donors (Lipinski definition) is 1. The van der Waals surface area contributed by atoms with Crippen molar-refractivity contribution in [3.63, 3.8) is 0 Å². The second-order valence-electron chi connectivity index (χ2n) is 8.31. The Hall–Kier alpha value is -4.79. The fraction of sp³-hybridized carbons (Fsp3) is 0.148. The molecule has 9 nitrogen and oxygen atoms in total. The summed E-state index contributed by atoms with van der Waals surface area (Å²) in [7, 11) is 1.37. The Labute approximate surface area is 207 Å². The first-order chi connectivity index (χ1) is 17.5. The van der Waals surface area contributed by atoms with Gasteiger partial charge < -0.3 is 14.8 Å². The summed E-state index contributed by atoms with van der Waals surface area (Å²) < 4.78 is 12.5. The summed E-state index contributed by atoms with van der Waals surface area (Å²) in [6, 6.07) is 16.9. The fourth-order valence-electron chi connectivity index (χ4n) is 3.73. The van der Waals surface area contributed by atoms with Gasteiger partial charge in [-0.05, 0) is 67.4 Å². The SMILES string of the molecule is COC(=O)c1ccc(Cn2cc3ncnc(Nc4ccc(Oc5ccc(C)nc5)c(C)c4)c3n2)cc1. The lowest BCUT2D eigenvalue weighted by Crippen LogP contribution is -2.03. The smallest absolute Gasteiger partial charge is 0.337 e. The highest BCUT2D eigenvalue weighted by Gasteiger charge is 2.12. The summed E-state index contributed by atoms with van der Waals surface area (Å²) >= 11 is 0. The molecule has 0 aliphatic rings. The van der Waals surface area contributed by atoms with Gasteiger partial charge in [0.15, 0.2) is 11.3 Å². The maximum atomic E-state index is 11.6. The quantitative estimate of drug-likeness (QED) is 0.317. The monoisotopic (exact) mass is 480 g/mol. The number of methoxy groups -OCH3 is 1. The van der Waals surface area contributed by atoms with E-state index < -0.39 is 0 Å². The number of rotatable bonds is 7. The van der Waals surface area contributed by atoms with Crippen molar-refractivity contribution in [3.8, 4) is 11.5 Å². The summed E-state index contributed by atoms with van der Waals surface area (Å²) in [6.45, 7) is 4.44. The van der Waals surface area contributed by atoms with Crippen LogP contribution in [0.2, 0.25) is 0 Å². The fourth-order valence-corrected chi connectivity index (χ4v) is 3.73. The summed E-state index contributed by atoms with van der Waals surface area (Å²) in [5, 5.41) is 8.03. The lowest BCUT2D eigenvalue weighted by atomic mass is 10.1. The lowest BCUT2D eigenvalue weighted by molar-refractivity contribution is 0.0600. The summed E-state index contributed by atoms with van der Waals surface area (Å²) in [4.78, 5) is 24.7. The average Bonchev–Trinajstić information content (AvgIpc) is 3.30. The number of benzene rings is 2. The number of esters is 1. The van der Waals surface area contributed by atoms with E-state index in [-0.39, 0.29) is 5.97 Å². The molecular weight excluding hydrogens is 456 g/mol. The molecule has 0 fully saturated rings. The number of fused-ring (bicyclic) bond motifs is 1. The molecular formula is C27H24N6O3. The van der Waals surface area contributed by atoms with Gasteiger partial charge in [-0.25, -0.2) is 14.8 Å². The molecule has 0 unspecified atom stereocenters. The minimum atomic E-state index is -0.362. The van der Waals surface area contributed by atoms with Gasteiger partial charge in [-0.3, -0.25) is 9.67 Å². The summed E-state index contributed by atoms with van der Waals surface area (Å²) in [5.74, 6) is 1.68. The van der Waals surface area contributed by atoms with Crippen LogP contribution in [-0.2, 0) is 11.3 Å². The molecule has 0 radical (unpaired) electrons. The molecule has 0 spiro atoms. The zero-order valence-corrected chi connectivity index (χ0v) is 20.1. The van der Waals surface area contributed by atoms with Gasteiger partial charge in [0.05, 0.1) is 31.6 Å². The van der Waals surface area contributed by atoms with Crippen molar-refractivity contribution >= 4 is 28.5 Å². The lowest BCUT2D eigenvalue weighted by Gasteiger charge is -2.11. The molecule has 0 atom stereocenters. The molecule has 2 aromatic carbocycles. The normalized spacial score (nSPS) is 10.9. The first-order valence-electron chi connectivity index (χ1n) is 11.3. The van der Waals surface area contributed by atoms with Crippen LogP contribution in [0.25, 0.3) is 11.0 Å². The van der Waals surface area contributed by atoms with Crippen LogP contribution < -0.4 is 10.1 Å². The highest BCUT2D eigenvalue weighted by atomic mass is 16.5. The van der Waals surface area contributed by atoms with Gasteiger partial charge in [-0.2, -0.15) is 5.10 Å². The van der Waals surface area contributed by atoms with E-state index in [2.05, 4.69) is 25.4 Å². The molecule has 0 saturated carbocycles. The number of hydrogen-bond acceptors (Lipinski definition) is 8. The van der Waals surface area contributed by atoms with E-state index in [4.69, 9.17) is 9.47 Å². The van der Waals surface area contributed by atoms with Gasteiger partial charge in [-0.15, -0.1) is 0 Å². The predicted molar refractivity (Wildman–Crippen MR) is 136 cm³/mol. The second kappa shape index (κ2) is 9.83. The maximum absolute atomic E-state index is 11.6. The molecule has 180 valence electrons. The Balaban J connectivity index is 1.33. The second-order valence-corrected chi connectivity index (χ2v) is 8.31. The first-order valence-corrected chi connectivity index (χ1v) is 11.3. The number of ether oxygens (including phenoxy) is 2. The minimum absolute atomic E-state index is 0.362. The number of pyridine rings is 1. The Bertz CT molecular complexity index is 1530. The van der Waals surface area contributed by atoms with E-state index in [9.17, 15) is 4.79 Å². The third kappa shape index (κ3) is 5.00. The van der Waals surface area contributed by atoms with E-state index in [1.165, 1.54) is 13.4 Å². The highest BCUT2D eigenvalue weighted by Crippen LogP contribution is 2.29. The van der Waals surface area contributed by atoms with Crippen molar-refractivity contribution in [3.05, 3.63) is 95.7 Å². The number of aromatic nitrogens is 5. The molecule has 3 aromatic heterocycles. The van der Waals surface area contributed by atoms with E-state index in [0.717, 1.165) is 33.8 Å². The molecule has 0 saturated heterocycles. The molecule has 0 bridgehead atoms.